The molecule has 3 rings (SSSR count). The number of benzene rings is 2. The Morgan fingerprint density at radius 2 is 1.91 bits per heavy atom. The topological polar surface area (TPSA) is 66.0 Å². The number of alkyl halides is 3. The molecule has 2 aromatic carbocycles. The van der Waals surface area contributed by atoms with E-state index in [1.165, 1.54) is 36.4 Å². The molecule has 7 heteroatoms. The van der Waals surface area contributed by atoms with Crippen LogP contribution in [0, 0.1) is 0 Å². The zero-order chi connectivity index (χ0) is 16.6. The molecule has 0 spiro atoms. The Hall–Kier alpha value is -2.67. The number of halogens is 3. The summed E-state index contributed by atoms with van der Waals surface area (Å²) in [4.78, 5) is 18.4. The minimum Gasteiger partial charge on any atom is -0.388 e. The lowest BCUT2D eigenvalue weighted by atomic mass is 10.1. The molecule has 0 atom stereocenters. The average molecular weight is 320 g/mol. The molecule has 0 saturated carbocycles. The van der Waals surface area contributed by atoms with Crippen LogP contribution in [0.3, 0.4) is 0 Å². The van der Waals surface area contributed by atoms with Gasteiger partial charge >= 0.3 is 6.18 Å². The van der Waals surface area contributed by atoms with Crippen molar-refractivity contribution in [3.8, 4) is 11.4 Å². The second-order valence-corrected chi connectivity index (χ2v) is 4.94. The number of imidazole rings is 1. The minimum absolute atomic E-state index is 0.0637. The lowest BCUT2D eigenvalue weighted by molar-refractivity contribution is -0.137. The van der Waals surface area contributed by atoms with Gasteiger partial charge in [0.05, 0.1) is 16.6 Å². The van der Waals surface area contributed by atoms with Crippen molar-refractivity contribution in [1.29, 1.82) is 0 Å². The molecule has 1 aromatic heterocycles. The fourth-order valence-corrected chi connectivity index (χ4v) is 2.34. The predicted octanol–water partition coefficient (Wildman–Crippen LogP) is 3.42. The van der Waals surface area contributed by atoms with Crippen molar-refractivity contribution in [1.82, 2.24) is 9.97 Å². The second kappa shape index (κ2) is 5.51. The molecule has 0 bridgehead atoms. The molecule has 0 aliphatic carbocycles. The van der Waals surface area contributed by atoms with Crippen molar-refractivity contribution < 1.29 is 23.1 Å². The maximum atomic E-state index is 13.1. The Balaban J connectivity index is 2.14. The molecule has 3 aromatic rings. The van der Waals surface area contributed by atoms with Crippen LogP contribution in [-0.4, -0.2) is 27.5 Å². The Morgan fingerprint density at radius 3 is 2.61 bits per heavy atom. The van der Waals surface area contributed by atoms with Crippen molar-refractivity contribution >= 4 is 16.8 Å². The minimum atomic E-state index is -4.49. The molecule has 23 heavy (non-hydrogen) atoms. The normalized spacial score (nSPS) is 11.8. The molecular weight excluding hydrogens is 309 g/mol. The van der Waals surface area contributed by atoms with Crippen LogP contribution in [0.1, 0.15) is 15.9 Å². The van der Waals surface area contributed by atoms with Crippen LogP contribution in [0.4, 0.5) is 13.2 Å². The number of fused-ring (bicyclic) bond motifs is 1. The first-order chi connectivity index (χ1) is 10.9. The van der Waals surface area contributed by atoms with Crippen LogP contribution in [-0.2, 0) is 6.18 Å². The van der Waals surface area contributed by atoms with E-state index in [0.717, 1.165) is 6.07 Å². The summed E-state index contributed by atoms with van der Waals surface area (Å²) < 4.78 is 39.3. The van der Waals surface area contributed by atoms with E-state index in [0.29, 0.717) is 11.0 Å². The fourth-order valence-electron chi connectivity index (χ4n) is 2.34. The van der Waals surface area contributed by atoms with E-state index in [-0.39, 0.29) is 17.0 Å². The number of aliphatic hydroxyl groups excluding tert-OH is 1. The Labute approximate surface area is 128 Å². The first-order valence-electron chi connectivity index (χ1n) is 6.70. The zero-order valence-corrected chi connectivity index (χ0v) is 11.7. The maximum absolute atomic E-state index is 13.1. The third kappa shape index (κ3) is 2.83. The largest absolute Gasteiger partial charge is 0.417 e. The van der Waals surface area contributed by atoms with Crippen molar-refractivity contribution in [2.24, 2.45) is 0 Å². The van der Waals surface area contributed by atoms with E-state index < -0.39 is 24.1 Å². The summed E-state index contributed by atoms with van der Waals surface area (Å²) >= 11 is 0. The Kier molecular flexibility index (Phi) is 3.65. The number of nitrogens with zero attached hydrogens (tertiary/aromatic N) is 1. The molecule has 0 saturated heterocycles. The summed E-state index contributed by atoms with van der Waals surface area (Å²) in [6.45, 7) is -0.636. The third-order valence-electron chi connectivity index (χ3n) is 3.44. The van der Waals surface area contributed by atoms with Crippen LogP contribution in [0.25, 0.3) is 22.4 Å². The van der Waals surface area contributed by atoms with Gasteiger partial charge in [0.1, 0.15) is 12.4 Å². The quantitative estimate of drug-likeness (QED) is 0.727. The number of aromatic nitrogens is 2. The molecule has 0 fully saturated rings. The molecule has 0 unspecified atom stereocenters. The molecule has 0 amide bonds. The van der Waals surface area contributed by atoms with Crippen LogP contribution < -0.4 is 0 Å². The van der Waals surface area contributed by atoms with Gasteiger partial charge in [0, 0.05) is 11.1 Å². The highest BCUT2D eigenvalue weighted by molar-refractivity contribution is 5.99. The van der Waals surface area contributed by atoms with Crippen LogP contribution >= 0.6 is 0 Å². The van der Waals surface area contributed by atoms with Gasteiger partial charge in [-0.1, -0.05) is 18.2 Å². The van der Waals surface area contributed by atoms with Gasteiger partial charge in [0.25, 0.3) is 0 Å². The van der Waals surface area contributed by atoms with Crippen LogP contribution in [0.5, 0.6) is 0 Å². The Morgan fingerprint density at radius 1 is 1.17 bits per heavy atom. The Bertz CT molecular complexity index is 884. The number of H-pyrrole nitrogens is 1. The zero-order valence-electron chi connectivity index (χ0n) is 11.7. The van der Waals surface area contributed by atoms with Crippen molar-refractivity contribution in [3.63, 3.8) is 0 Å². The van der Waals surface area contributed by atoms with Gasteiger partial charge < -0.3 is 10.1 Å². The monoisotopic (exact) mass is 320 g/mol. The van der Waals surface area contributed by atoms with Gasteiger partial charge in [0.15, 0.2) is 5.78 Å². The van der Waals surface area contributed by atoms with E-state index in [4.69, 9.17) is 5.11 Å². The van der Waals surface area contributed by atoms with Gasteiger partial charge in [-0.3, -0.25) is 4.79 Å². The highest BCUT2D eigenvalue weighted by atomic mass is 19.4. The summed E-state index contributed by atoms with van der Waals surface area (Å²) in [6, 6.07) is 9.59. The van der Waals surface area contributed by atoms with Gasteiger partial charge in [0.2, 0.25) is 0 Å². The molecule has 4 nitrogen and oxygen atoms in total. The first kappa shape index (κ1) is 15.2. The number of hydrogen-bond acceptors (Lipinski definition) is 3. The molecule has 0 aliphatic heterocycles. The van der Waals surface area contributed by atoms with Gasteiger partial charge in [-0.15, -0.1) is 0 Å². The predicted molar refractivity (Wildman–Crippen MR) is 77.9 cm³/mol. The summed E-state index contributed by atoms with van der Waals surface area (Å²) in [7, 11) is 0. The number of aliphatic hydroxyl groups is 1. The van der Waals surface area contributed by atoms with E-state index >= 15 is 0 Å². The smallest absolute Gasteiger partial charge is 0.388 e. The lowest BCUT2D eigenvalue weighted by Crippen LogP contribution is -2.07. The van der Waals surface area contributed by atoms with Gasteiger partial charge in [-0.05, 0) is 24.3 Å². The number of hydrogen-bond donors (Lipinski definition) is 2. The number of aromatic amines is 1. The summed E-state index contributed by atoms with van der Waals surface area (Å²) in [5.41, 5.74) is 0.277. The maximum Gasteiger partial charge on any atom is 0.417 e. The highest BCUT2D eigenvalue weighted by Gasteiger charge is 2.34. The van der Waals surface area contributed by atoms with E-state index in [1.54, 1.807) is 0 Å². The average Bonchev–Trinajstić information content (AvgIpc) is 2.96. The van der Waals surface area contributed by atoms with E-state index in [2.05, 4.69) is 9.97 Å². The number of ketones is 1. The number of Topliss-reactive ketones (excluding diaryl/α,β-unsaturated/α-hetero) is 1. The third-order valence-corrected chi connectivity index (χ3v) is 3.44. The number of carbonyl (C=O) groups excluding carboxylic acids is 1. The molecule has 0 radical (unpaired) electrons. The van der Waals surface area contributed by atoms with E-state index in [1.807, 2.05) is 0 Å². The van der Waals surface area contributed by atoms with E-state index in [9.17, 15) is 18.0 Å². The molecule has 1 heterocycles. The number of nitrogens with one attached hydrogen (secondary N) is 1. The molecule has 0 aliphatic rings. The van der Waals surface area contributed by atoms with Gasteiger partial charge in [-0.2, -0.15) is 13.2 Å². The first-order valence-corrected chi connectivity index (χ1v) is 6.70. The summed E-state index contributed by atoms with van der Waals surface area (Å²) in [5.74, 6) is -0.403. The standard InChI is InChI=1S/C16H11F3N2O2/c17-16(18,19)11-4-2-1-3-10(11)15-20-12-6-5-9(14(23)8-22)7-13(12)21-15/h1-7,22H,8H2,(H,20,21). The second-order valence-electron chi connectivity index (χ2n) is 4.94. The van der Waals surface area contributed by atoms with Crippen LogP contribution in [0.2, 0.25) is 0 Å². The van der Waals surface area contributed by atoms with Crippen molar-refractivity contribution in [2.75, 3.05) is 6.61 Å². The number of carbonyl (C=O) groups is 1. The molecular formula is C16H11F3N2O2. The molecule has 118 valence electrons. The van der Waals surface area contributed by atoms with Crippen LogP contribution in [0.15, 0.2) is 42.5 Å². The van der Waals surface area contributed by atoms with Crippen molar-refractivity contribution in [2.45, 2.75) is 6.18 Å². The van der Waals surface area contributed by atoms with Gasteiger partial charge in [-0.25, -0.2) is 4.98 Å². The highest BCUT2D eigenvalue weighted by Crippen LogP contribution is 2.36. The fraction of sp³-hybridized carbons (Fsp3) is 0.125. The summed E-state index contributed by atoms with van der Waals surface area (Å²) in [6.07, 6.45) is -4.49. The van der Waals surface area contributed by atoms with Crippen molar-refractivity contribution in [3.05, 3.63) is 53.6 Å². The summed E-state index contributed by atoms with van der Waals surface area (Å²) in [5, 5.41) is 8.87. The number of rotatable bonds is 3. The lowest BCUT2D eigenvalue weighted by Gasteiger charge is -2.10. The SMILES string of the molecule is O=C(CO)c1ccc2nc(-c3ccccc3C(F)(F)F)[nH]c2c1. The molecule has 2 N–H and O–H groups in total.